The molecule has 0 radical (unpaired) electrons. The minimum absolute atomic E-state index is 0.00905. The van der Waals surface area contributed by atoms with Gasteiger partial charge in [-0.25, -0.2) is 15.0 Å². The number of para-hydroxylation sites is 2. The Kier molecular flexibility index (Phi) is 5.62. The second-order valence-corrected chi connectivity index (χ2v) is 8.65. The van der Waals surface area contributed by atoms with Gasteiger partial charge in [0.05, 0.1) is 11.0 Å². The third-order valence-corrected chi connectivity index (χ3v) is 5.58. The van der Waals surface area contributed by atoms with E-state index in [-0.39, 0.29) is 27.8 Å². The summed E-state index contributed by atoms with van der Waals surface area (Å²) in [6, 6.07) is 8.39. The topological polar surface area (TPSA) is 106 Å². The van der Waals surface area contributed by atoms with Gasteiger partial charge in [0.2, 0.25) is 11.9 Å². The number of benzene rings is 1. The second kappa shape index (κ2) is 8.09. The monoisotopic (exact) mass is 473 g/mol. The fraction of sp³-hybridized carbons (Fsp3) is 0.278. The summed E-state index contributed by atoms with van der Waals surface area (Å²) in [5, 5.41) is 0.00905. The van der Waals surface area contributed by atoms with Crippen molar-refractivity contribution >= 4 is 38.7 Å². The van der Waals surface area contributed by atoms with Crippen LogP contribution in [-0.2, 0) is 10.2 Å². The predicted octanol–water partition coefficient (Wildman–Crippen LogP) is 3.77. The smallest absolute Gasteiger partial charge is 0.429 e. The van der Waals surface area contributed by atoms with Crippen LogP contribution in [0, 0.1) is 0 Å². The van der Waals surface area contributed by atoms with Gasteiger partial charge in [-0.1, -0.05) is 29.8 Å². The average Bonchev–Trinajstić information content (AvgIpc) is 3.49. The van der Waals surface area contributed by atoms with Crippen molar-refractivity contribution in [3.8, 4) is 5.88 Å². The van der Waals surface area contributed by atoms with E-state index in [4.69, 9.17) is 16.3 Å². The maximum atomic E-state index is 13.8. The summed E-state index contributed by atoms with van der Waals surface area (Å²) in [5.74, 6) is -1.10. The molecule has 2 aromatic heterocycles. The van der Waals surface area contributed by atoms with Gasteiger partial charge in [-0.15, -0.1) is 0 Å². The molecule has 0 amide bonds. The first kappa shape index (κ1) is 21.5. The molecule has 0 bridgehead atoms. The maximum Gasteiger partial charge on any atom is 0.429 e. The molecular formula is C18H15ClF3N5O3S. The third kappa shape index (κ3) is 5.32. The third-order valence-electron chi connectivity index (χ3n) is 4.25. The summed E-state index contributed by atoms with van der Waals surface area (Å²) in [7, 11) is -4.10. The molecule has 13 heteroatoms. The van der Waals surface area contributed by atoms with Crippen LogP contribution < -0.4 is 14.2 Å². The van der Waals surface area contributed by atoms with E-state index in [9.17, 15) is 21.6 Å². The number of alkyl halides is 3. The Balaban J connectivity index is 1.75. The molecule has 31 heavy (non-hydrogen) atoms. The van der Waals surface area contributed by atoms with Crippen LogP contribution in [-0.4, -0.2) is 35.6 Å². The number of pyridine rings is 1. The Bertz CT molecular complexity index is 1200. The highest BCUT2D eigenvalue weighted by atomic mass is 35.5. The summed E-state index contributed by atoms with van der Waals surface area (Å²) in [4.78, 5) is 11.8. The Morgan fingerprint density at radius 2 is 1.77 bits per heavy atom. The summed E-state index contributed by atoms with van der Waals surface area (Å²) < 4.78 is 75.7. The molecule has 164 valence electrons. The second-order valence-electron chi connectivity index (χ2n) is 6.82. The van der Waals surface area contributed by atoms with E-state index in [0.717, 1.165) is 12.3 Å². The quantitative estimate of drug-likeness (QED) is 0.506. The summed E-state index contributed by atoms with van der Waals surface area (Å²) >= 11 is 5.66. The molecule has 1 atom stereocenters. The molecule has 0 aliphatic heterocycles. The number of anilines is 1. The largest absolute Gasteiger partial charge is 0.457 e. The Hall–Kier alpha value is -2.70. The highest BCUT2D eigenvalue weighted by molar-refractivity contribution is 7.90. The fourth-order valence-electron chi connectivity index (χ4n) is 2.69. The van der Waals surface area contributed by atoms with Crippen LogP contribution in [0.1, 0.15) is 24.5 Å². The summed E-state index contributed by atoms with van der Waals surface area (Å²) in [6.07, 6.45) is -5.06. The molecule has 4 rings (SSSR count). The van der Waals surface area contributed by atoms with Gasteiger partial charge >= 0.3 is 16.4 Å². The molecule has 1 unspecified atom stereocenters. The van der Waals surface area contributed by atoms with Crippen LogP contribution in [0.4, 0.5) is 19.0 Å². The highest BCUT2D eigenvalue weighted by Gasteiger charge is 2.44. The Labute approximate surface area is 180 Å². The number of hydrogen-bond donors (Lipinski definition) is 2. The van der Waals surface area contributed by atoms with E-state index in [1.807, 2.05) is 0 Å². The van der Waals surface area contributed by atoms with Crippen LogP contribution >= 0.6 is 11.6 Å². The normalized spacial score (nSPS) is 15.6. The lowest BCUT2D eigenvalue weighted by Gasteiger charge is -2.22. The predicted molar refractivity (Wildman–Crippen MR) is 107 cm³/mol. The Morgan fingerprint density at radius 3 is 2.35 bits per heavy atom. The van der Waals surface area contributed by atoms with Crippen LogP contribution in [0.3, 0.4) is 0 Å². The molecule has 3 aromatic rings. The first-order valence-electron chi connectivity index (χ1n) is 9.02. The van der Waals surface area contributed by atoms with E-state index in [1.54, 1.807) is 18.2 Å². The fourth-order valence-corrected chi connectivity index (χ4v) is 3.92. The van der Waals surface area contributed by atoms with Crippen molar-refractivity contribution in [1.29, 1.82) is 0 Å². The number of fused-ring (bicyclic) bond motifs is 1. The van der Waals surface area contributed by atoms with Crippen LogP contribution in [0.25, 0.3) is 11.0 Å². The van der Waals surface area contributed by atoms with Crippen LogP contribution in [0.15, 0.2) is 42.6 Å². The van der Waals surface area contributed by atoms with Crippen molar-refractivity contribution in [2.75, 3.05) is 4.72 Å². The zero-order valence-corrected chi connectivity index (χ0v) is 17.2. The molecule has 1 aliphatic rings. The SMILES string of the molecule is O=S(=O)(Nc1nc2ccccc2nc1OC(c1ccc(Cl)nc1)C(F)(F)F)NC1CC1. The van der Waals surface area contributed by atoms with Crippen molar-refractivity contribution < 1.29 is 26.3 Å². The van der Waals surface area contributed by atoms with Gasteiger partial charge in [0.1, 0.15) is 5.15 Å². The molecular weight excluding hydrogens is 459 g/mol. The lowest BCUT2D eigenvalue weighted by atomic mass is 10.1. The molecule has 0 saturated heterocycles. The van der Waals surface area contributed by atoms with E-state index >= 15 is 0 Å². The van der Waals surface area contributed by atoms with Crippen molar-refractivity contribution in [3.05, 3.63) is 53.3 Å². The number of halogens is 4. The van der Waals surface area contributed by atoms with Crippen molar-refractivity contribution in [3.63, 3.8) is 0 Å². The molecule has 8 nitrogen and oxygen atoms in total. The number of aromatic nitrogens is 3. The molecule has 1 aromatic carbocycles. The van der Waals surface area contributed by atoms with Crippen molar-refractivity contribution in [2.45, 2.75) is 31.2 Å². The van der Waals surface area contributed by atoms with E-state index in [2.05, 4.69) is 24.4 Å². The number of hydrogen-bond acceptors (Lipinski definition) is 6. The minimum atomic E-state index is -4.86. The molecule has 1 fully saturated rings. The van der Waals surface area contributed by atoms with Gasteiger partial charge in [-0.05, 0) is 31.0 Å². The van der Waals surface area contributed by atoms with Crippen molar-refractivity contribution in [1.82, 2.24) is 19.7 Å². The van der Waals surface area contributed by atoms with E-state index in [0.29, 0.717) is 12.8 Å². The zero-order chi connectivity index (χ0) is 22.2. The molecule has 1 saturated carbocycles. The van der Waals surface area contributed by atoms with Gasteiger partial charge in [-0.2, -0.15) is 26.3 Å². The Morgan fingerprint density at radius 1 is 1.10 bits per heavy atom. The zero-order valence-electron chi connectivity index (χ0n) is 15.6. The average molecular weight is 474 g/mol. The maximum absolute atomic E-state index is 13.8. The summed E-state index contributed by atoms with van der Waals surface area (Å²) in [6.45, 7) is 0. The van der Waals surface area contributed by atoms with Crippen LogP contribution in [0.2, 0.25) is 5.15 Å². The molecule has 2 N–H and O–H groups in total. The lowest BCUT2D eigenvalue weighted by molar-refractivity contribution is -0.198. The van der Waals surface area contributed by atoms with Gasteiger partial charge in [0, 0.05) is 17.8 Å². The van der Waals surface area contributed by atoms with Gasteiger partial charge in [0.25, 0.3) is 5.88 Å². The molecule has 1 aliphatic carbocycles. The van der Waals surface area contributed by atoms with Crippen molar-refractivity contribution in [2.24, 2.45) is 0 Å². The molecule has 0 spiro atoms. The number of nitrogens with one attached hydrogen (secondary N) is 2. The van der Waals surface area contributed by atoms with E-state index < -0.39 is 34.2 Å². The number of rotatable bonds is 7. The van der Waals surface area contributed by atoms with Crippen LogP contribution in [0.5, 0.6) is 5.88 Å². The first-order valence-corrected chi connectivity index (χ1v) is 10.9. The minimum Gasteiger partial charge on any atom is -0.457 e. The van der Waals surface area contributed by atoms with Gasteiger partial charge < -0.3 is 4.74 Å². The standard InChI is InChI=1S/C18H15ClF3N5O3S/c19-14-8-5-10(9-23-14)15(18(20,21)22)30-17-16(27-31(28,29)26-11-6-7-11)24-12-3-1-2-4-13(12)25-17/h1-5,8-9,11,15,26H,6-7H2,(H,24,27). The van der Waals surface area contributed by atoms with Gasteiger partial charge in [0.15, 0.2) is 0 Å². The number of nitrogens with zero attached hydrogens (tertiary/aromatic N) is 3. The lowest BCUT2D eigenvalue weighted by Crippen LogP contribution is -2.33. The first-order chi connectivity index (χ1) is 14.6. The molecule has 2 heterocycles. The summed E-state index contributed by atoms with van der Waals surface area (Å²) in [5.41, 5.74) is 0.165. The van der Waals surface area contributed by atoms with E-state index in [1.165, 1.54) is 12.1 Å². The number of ether oxygens (including phenoxy) is 1. The highest BCUT2D eigenvalue weighted by Crippen LogP contribution is 2.38. The van der Waals surface area contributed by atoms with Gasteiger partial charge in [-0.3, -0.25) is 4.72 Å².